The molecule has 2 aromatic rings. The lowest BCUT2D eigenvalue weighted by molar-refractivity contribution is 0.00207. The summed E-state index contributed by atoms with van der Waals surface area (Å²) in [4.78, 5) is 4.41. The first-order valence-electron chi connectivity index (χ1n) is 8.25. The van der Waals surface area contributed by atoms with Gasteiger partial charge in [0.15, 0.2) is 9.84 Å². The molecule has 1 aromatic heterocycles. The van der Waals surface area contributed by atoms with Crippen LogP contribution in [0.2, 0.25) is 0 Å². The zero-order chi connectivity index (χ0) is 18.7. The first-order chi connectivity index (χ1) is 12.3. The molecule has 0 bridgehead atoms. The predicted octanol–water partition coefficient (Wildman–Crippen LogP) is 0.825. The van der Waals surface area contributed by atoms with E-state index in [1.165, 1.54) is 23.5 Å². The number of hydrogen-bond acceptors (Lipinski definition) is 8. The van der Waals surface area contributed by atoms with Gasteiger partial charge in [-0.1, -0.05) is 0 Å². The number of aromatic nitrogens is 1. The van der Waals surface area contributed by atoms with Gasteiger partial charge >= 0.3 is 0 Å². The van der Waals surface area contributed by atoms with Crippen LogP contribution >= 0.6 is 11.3 Å². The summed E-state index contributed by atoms with van der Waals surface area (Å²) in [6.07, 6.45) is 1.72. The van der Waals surface area contributed by atoms with Gasteiger partial charge in [0.25, 0.3) is 0 Å². The number of aliphatic hydroxyl groups is 2. The fourth-order valence-electron chi connectivity index (χ4n) is 3.04. The second kappa shape index (κ2) is 8.01. The van der Waals surface area contributed by atoms with Crippen molar-refractivity contribution in [3.8, 4) is 5.75 Å². The lowest BCUT2D eigenvalue weighted by Crippen LogP contribution is -2.39. The van der Waals surface area contributed by atoms with Crippen molar-refractivity contribution in [3.05, 3.63) is 40.8 Å². The molecule has 0 aliphatic heterocycles. The summed E-state index contributed by atoms with van der Waals surface area (Å²) in [7, 11) is -3.24. The fraction of sp³-hybridized carbons (Fsp3) is 0.471. The van der Waals surface area contributed by atoms with Crippen molar-refractivity contribution in [1.29, 1.82) is 0 Å². The van der Waals surface area contributed by atoms with Gasteiger partial charge in [0.2, 0.25) is 0 Å². The molecule has 1 aromatic carbocycles. The van der Waals surface area contributed by atoms with Crippen LogP contribution in [0.3, 0.4) is 0 Å². The molecule has 0 spiro atoms. The zero-order valence-corrected chi connectivity index (χ0v) is 15.9. The van der Waals surface area contributed by atoms with Crippen molar-refractivity contribution >= 4 is 21.2 Å². The van der Waals surface area contributed by atoms with Gasteiger partial charge in [-0.25, -0.2) is 13.4 Å². The number of nitrogens with one attached hydrogen (secondary N) is 1. The van der Waals surface area contributed by atoms with Crippen molar-refractivity contribution in [2.24, 2.45) is 5.92 Å². The van der Waals surface area contributed by atoms with Gasteiger partial charge in [-0.15, -0.1) is 11.3 Å². The highest BCUT2D eigenvalue weighted by Gasteiger charge is 2.41. The first kappa shape index (κ1) is 19.2. The van der Waals surface area contributed by atoms with Gasteiger partial charge < -0.3 is 20.3 Å². The van der Waals surface area contributed by atoms with Gasteiger partial charge in [0.1, 0.15) is 10.8 Å². The molecule has 142 valence electrons. The van der Waals surface area contributed by atoms with Crippen molar-refractivity contribution in [2.75, 3.05) is 12.9 Å². The second-order valence-electron chi connectivity index (χ2n) is 6.44. The van der Waals surface area contributed by atoms with Crippen LogP contribution in [0.5, 0.6) is 5.75 Å². The molecule has 1 fully saturated rings. The average molecular weight is 399 g/mol. The third-order valence-electron chi connectivity index (χ3n) is 4.52. The van der Waals surface area contributed by atoms with E-state index in [-0.39, 0.29) is 23.5 Å². The normalized spacial score (nSPS) is 26.1. The molecule has 7 nitrogen and oxygen atoms in total. The molecule has 26 heavy (non-hydrogen) atoms. The summed E-state index contributed by atoms with van der Waals surface area (Å²) in [5.74, 6) is 0.312. The molecular formula is C17H22N2O5S2. The number of sulfone groups is 1. The maximum Gasteiger partial charge on any atom is 0.175 e. The molecule has 0 amide bonds. The van der Waals surface area contributed by atoms with Gasteiger partial charge in [-0.2, -0.15) is 0 Å². The minimum atomic E-state index is -3.24. The van der Waals surface area contributed by atoms with E-state index in [4.69, 9.17) is 4.74 Å². The monoisotopic (exact) mass is 398 g/mol. The van der Waals surface area contributed by atoms with Crippen LogP contribution in [-0.2, 0) is 16.4 Å². The standard InChI is InChI=1S/C17H22N2O5S2/c1-26(22,23)13-4-2-12(3-5-13)24-10-11-8-14(17(21)16(11)20)19-9-15-18-6-7-25-15/h2-7,11,14,16-17,19-21H,8-10H2,1H3. The lowest BCUT2D eigenvalue weighted by atomic mass is 10.1. The molecule has 1 aliphatic rings. The fourth-order valence-corrected chi connectivity index (χ4v) is 4.24. The summed E-state index contributed by atoms with van der Waals surface area (Å²) in [5, 5.41) is 26.5. The maximum atomic E-state index is 11.5. The number of benzene rings is 1. The second-order valence-corrected chi connectivity index (χ2v) is 9.44. The van der Waals surface area contributed by atoms with Crippen molar-refractivity contribution < 1.29 is 23.4 Å². The summed E-state index contributed by atoms with van der Waals surface area (Å²) >= 11 is 1.53. The van der Waals surface area contributed by atoms with E-state index in [0.717, 1.165) is 11.3 Å². The van der Waals surface area contributed by atoms with Crippen LogP contribution in [0.25, 0.3) is 0 Å². The number of thiazole rings is 1. The van der Waals surface area contributed by atoms with Crippen molar-refractivity contribution in [1.82, 2.24) is 10.3 Å². The number of nitrogens with zero attached hydrogens (tertiary/aromatic N) is 1. The molecular weight excluding hydrogens is 376 g/mol. The molecule has 9 heteroatoms. The van der Waals surface area contributed by atoms with Gasteiger partial charge in [0, 0.05) is 36.3 Å². The highest BCUT2D eigenvalue weighted by molar-refractivity contribution is 7.90. The number of rotatable bonds is 7. The van der Waals surface area contributed by atoms with Crippen LogP contribution in [0, 0.1) is 5.92 Å². The lowest BCUT2D eigenvalue weighted by Gasteiger charge is -2.18. The van der Waals surface area contributed by atoms with Crippen LogP contribution in [0.4, 0.5) is 0 Å². The largest absolute Gasteiger partial charge is 0.493 e. The number of ether oxygens (including phenoxy) is 1. The number of hydrogen-bond donors (Lipinski definition) is 3. The topological polar surface area (TPSA) is 109 Å². The van der Waals surface area contributed by atoms with E-state index in [2.05, 4.69) is 10.3 Å². The molecule has 0 radical (unpaired) electrons. The van der Waals surface area contributed by atoms with Gasteiger partial charge in [0.05, 0.1) is 23.7 Å². The summed E-state index contributed by atoms with van der Waals surface area (Å²) < 4.78 is 28.6. The Balaban J connectivity index is 1.53. The highest BCUT2D eigenvalue weighted by atomic mass is 32.2. The average Bonchev–Trinajstić information content (AvgIpc) is 3.21. The smallest absolute Gasteiger partial charge is 0.175 e. The Hall–Kier alpha value is -1.52. The Morgan fingerprint density at radius 2 is 2.00 bits per heavy atom. The Morgan fingerprint density at radius 3 is 2.62 bits per heavy atom. The van der Waals surface area contributed by atoms with E-state index in [1.54, 1.807) is 18.3 Å². The van der Waals surface area contributed by atoms with Gasteiger partial charge in [-0.3, -0.25) is 0 Å². The Labute approximate surface area is 156 Å². The van der Waals surface area contributed by atoms with Crippen molar-refractivity contribution in [2.45, 2.75) is 36.1 Å². The van der Waals surface area contributed by atoms with Crippen LogP contribution in [0.1, 0.15) is 11.4 Å². The molecule has 1 aliphatic carbocycles. The Bertz CT molecular complexity index is 808. The quantitative estimate of drug-likeness (QED) is 0.634. The van der Waals surface area contributed by atoms with Gasteiger partial charge in [-0.05, 0) is 30.7 Å². The molecule has 0 saturated heterocycles. The molecule has 1 saturated carbocycles. The van der Waals surface area contributed by atoms with E-state index < -0.39 is 22.0 Å². The van der Waals surface area contributed by atoms with Crippen LogP contribution in [-0.4, -0.2) is 54.7 Å². The molecule has 4 unspecified atom stereocenters. The predicted molar refractivity (Wildman–Crippen MR) is 97.9 cm³/mol. The minimum absolute atomic E-state index is 0.214. The first-order valence-corrected chi connectivity index (χ1v) is 11.0. The minimum Gasteiger partial charge on any atom is -0.493 e. The highest BCUT2D eigenvalue weighted by Crippen LogP contribution is 2.28. The third kappa shape index (κ3) is 4.60. The Morgan fingerprint density at radius 1 is 1.27 bits per heavy atom. The SMILES string of the molecule is CS(=O)(=O)c1ccc(OCC2CC(NCc3nccs3)C(O)C2O)cc1. The van der Waals surface area contributed by atoms with E-state index >= 15 is 0 Å². The van der Waals surface area contributed by atoms with E-state index in [1.807, 2.05) is 5.38 Å². The van der Waals surface area contributed by atoms with E-state index in [9.17, 15) is 18.6 Å². The number of aliphatic hydroxyl groups excluding tert-OH is 2. The zero-order valence-electron chi connectivity index (χ0n) is 14.3. The third-order valence-corrected chi connectivity index (χ3v) is 6.42. The molecule has 3 rings (SSSR count). The molecule has 4 atom stereocenters. The summed E-state index contributed by atoms with van der Waals surface area (Å²) in [5.41, 5.74) is 0. The maximum absolute atomic E-state index is 11.5. The van der Waals surface area contributed by atoms with Crippen LogP contribution in [0.15, 0.2) is 40.7 Å². The molecule has 1 heterocycles. The van der Waals surface area contributed by atoms with Crippen molar-refractivity contribution in [3.63, 3.8) is 0 Å². The Kier molecular flexibility index (Phi) is 5.93. The van der Waals surface area contributed by atoms with E-state index in [0.29, 0.717) is 18.7 Å². The van der Waals surface area contributed by atoms with Crippen LogP contribution < -0.4 is 10.1 Å². The summed E-state index contributed by atoms with van der Waals surface area (Å²) in [6, 6.07) is 5.93. The summed E-state index contributed by atoms with van der Waals surface area (Å²) in [6.45, 7) is 0.790. The molecule has 3 N–H and O–H groups in total.